The van der Waals surface area contributed by atoms with Gasteiger partial charge in [-0.15, -0.1) is 0 Å². The highest BCUT2D eigenvalue weighted by molar-refractivity contribution is 9.12. The summed E-state index contributed by atoms with van der Waals surface area (Å²) in [4.78, 5) is 12.0. The van der Waals surface area contributed by atoms with Gasteiger partial charge in [-0.3, -0.25) is 4.79 Å². The number of halogens is 4. The molecule has 0 aliphatic heterocycles. The fraction of sp³-hybridized carbons (Fsp3) is 0.900. The molecule has 0 heterocycles. The maximum atomic E-state index is 12.1. The summed E-state index contributed by atoms with van der Waals surface area (Å²) in [6.45, 7) is 4.09. The van der Waals surface area contributed by atoms with Gasteiger partial charge in [-0.25, -0.2) is 0 Å². The monoisotopic (exact) mass is 466 g/mol. The van der Waals surface area contributed by atoms with Crippen molar-refractivity contribution in [2.75, 3.05) is 5.33 Å². The number of hydrogen-bond acceptors (Lipinski definition) is 1. The van der Waals surface area contributed by atoms with E-state index in [0.717, 1.165) is 18.2 Å². The van der Waals surface area contributed by atoms with Gasteiger partial charge in [0, 0.05) is 9.65 Å². The lowest BCUT2D eigenvalue weighted by molar-refractivity contribution is -0.122. The highest BCUT2D eigenvalue weighted by atomic mass is 79.9. The van der Waals surface area contributed by atoms with Crippen molar-refractivity contribution in [3.63, 3.8) is 0 Å². The molecule has 0 aromatic rings. The van der Waals surface area contributed by atoms with Crippen LogP contribution in [0.5, 0.6) is 0 Å². The molecule has 1 rings (SSSR count). The molecule has 15 heavy (non-hydrogen) atoms. The molecule has 1 aliphatic rings. The second-order valence-corrected chi connectivity index (χ2v) is 9.63. The van der Waals surface area contributed by atoms with Crippen molar-refractivity contribution in [2.45, 2.75) is 40.2 Å². The summed E-state index contributed by atoms with van der Waals surface area (Å²) in [6.07, 6.45) is 1.93. The van der Waals surface area contributed by atoms with Crippen LogP contribution in [0.4, 0.5) is 0 Å². The average Bonchev–Trinajstić information content (AvgIpc) is 2.14. The second kappa shape index (κ2) is 5.07. The third-order valence-electron chi connectivity index (χ3n) is 3.08. The molecule has 1 saturated carbocycles. The van der Waals surface area contributed by atoms with Crippen molar-refractivity contribution in [1.29, 1.82) is 0 Å². The SMILES string of the molecule is C[C@](Br)(CBr)[C@@H]1CC[C@@](C)(Br)C(=O)[C@H]1Br. The van der Waals surface area contributed by atoms with Crippen LogP contribution in [-0.4, -0.2) is 24.6 Å². The summed E-state index contributed by atoms with van der Waals surface area (Å²) in [7, 11) is 0. The van der Waals surface area contributed by atoms with Crippen molar-refractivity contribution in [2.24, 2.45) is 5.92 Å². The van der Waals surface area contributed by atoms with Gasteiger partial charge in [-0.05, 0) is 32.6 Å². The summed E-state index contributed by atoms with van der Waals surface area (Å²) >= 11 is 14.2. The minimum Gasteiger partial charge on any atom is -0.297 e. The van der Waals surface area contributed by atoms with Crippen LogP contribution in [0.15, 0.2) is 0 Å². The van der Waals surface area contributed by atoms with E-state index in [9.17, 15) is 4.79 Å². The zero-order valence-electron chi connectivity index (χ0n) is 8.70. The first-order valence-corrected chi connectivity index (χ1v) is 8.47. The third-order valence-corrected chi connectivity index (χ3v) is 7.70. The van der Waals surface area contributed by atoms with E-state index in [1.807, 2.05) is 6.92 Å². The van der Waals surface area contributed by atoms with Gasteiger partial charge in [0.05, 0.1) is 9.15 Å². The van der Waals surface area contributed by atoms with Crippen LogP contribution in [0.2, 0.25) is 0 Å². The predicted molar refractivity (Wildman–Crippen MR) is 78.9 cm³/mol. The van der Waals surface area contributed by atoms with Crippen LogP contribution < -0.4 is 0 Å². The molecule has 4 atom stereocenters. The molecule has 0 radical (unpaired) electrons. The maximum absolute atomic E-state index is 12.1. The number of ketones is 1. The molecule has 0 unspecified atom stereocenters. The number of hydrogen-bond donors (Lipinski definition) is 0. The first kappa shape index (κ1) is 14.7. The summed E-state index contributed by atoms with van der Waals surface area (Å²) in [6, 6.07) is 0. The first-order chi connectivity index (χ1) is 6.72. The zero-order valence-corrected chi connectivity index (χ0v) is 15.0. The summed E-state index contributed by atoms with van der Waals surface area (Å²) in [5, 5.41) is 0.846. The Kier molecular flexibility index (Phi) is 4.95. The Morgan fingerprint density at radius 2 is 2.13 bits per heavy atom. The Morgan fingerprint density at radius 3 is 2.60 bits per heavy atom. The quantitative estimate of drug-likeness (QED) is 0.547. The zero-order chi connectivity index (χ0) is 11.9. The Balaban J connectivity index is 2.86. The lowest BCUT2D eigenvalue weighted by atomic mass is 9.76. The lowest BCUT2D eigenvalue weighted by Crippen LogP contribution is -2.50. The number of alkyl halides is 4. The Labute approximate surface area is 125 Å². The number of carbonyl (C=O) groups excluding carboxylic acids is 1. The van der Waals surface area contributed by atoms with Crippen molar-refractivity contribution in [1.82, 2.24) is 0 Å². The molecule has 88 valence electrons. The normalized spacial score (nSPS) is 41.3. The summed E-state index contributed by atoms with van der Waals surface area (Å²) in [5.41, 5.74) is 0. The fourth-order valence-corrected chi connectivity index (χ4v) is 5.27. The molecule has 0 aromatic carbocycles. The van der Waals surface area contributed by atoms with Crippen molar-refractivity contribution < 1.29 is 4.79 Å². The molecule has 0 bridgehead atoms. The standard InChI is InChI=1S/C10H14Br4O/c1-9(13)4-3-6(7(12)8(9)15)10(2,14)5-11/h6-7H,3-5H2,1-2H3/t6-,7+,9-,10+/m1/s1. The highest BCUT2D eigenvalue weighted by Gasteiger charge is 2.48. The molecule has 1 aliphatic carbocycles. The van der Waals surface area contributed by atoms with Crippen LogP contribution in [0.1, 0.15) is 26.7 Å². The Hall–Kier alpha value is 1.59. The molecule has 0 saturated heterocycles. The van der Waals surface area contributed by atoms with E-state index in [1.165, 1.54) is 0 Å². The van der Waals surface area contributed by atoms with E-state index in [2.05, 4.69) is 70.6 Å². The molecule has 1 fully saturated rings. The summed E-state index contributed by atoms with van der Waals surface area (Å²) in [5.74, 6) is 0.584. The van der Waals surface area contributed by atoms with E-state index in [4.69, 9.17) is 0 Å². The molecule has 0 spiro atoms. The maximum Gasteiger partial charge on any atom is 0.163 e. The Morgan fingerprint density at radius 1 is 1.60 bits per heavy atom. The minimum absolute atomic E-state index is 0.0275. The molecule has 0 amide bonds. The molecule has 5 heteroatoms. The second-order valence-electron chi connectivity index (χ2n) is 4.52. The number of rotatable bonds is 2. The topological polar surface area (TPSA) is 17.1 Å². The molecule has 0 aromatic heterocycles. The van der Waals surface area contributed by atoms with Crippen LogP contribution in [0.3, 0.4) is 0 Å². The van der Waals surface area contributed by atoms with Gasteiger partial charge >= 0.3 is 0 Å². The average molecular weight is 470 g/mol. The highest BCUT2D eigenvalue weighted by Crippen LogP contribution is 2.46. The number of Topliss-reactive ketones (excluding diaryl/α,β-unsaturated/α-hetero) is 1. The summed E-state index contributed by atoms with van der Waals surface area (Å²) < 4.78 is -0.382. The van der Waals surface area contributed by atoms with Gasteiger partial charge in [0.15, 0.2) is 5.78 Å². The van der Waals surface area contributed by atoms with Gasteiger partial charge in [0.25, 0.3) is 0 Å². The van der Waals surface area contributed by atoms with Crippen LogP contribution in [0, 0.1) is 5.92 Å². The third kappa shape index (κ3) is 3.08. The predicted octanol–water partition coefficient (Wildman–Crippen LogP) is 4.43. The van der Waals surface area contributed by atoms with Gasteiger partial charge < -0.3 is 0 Å². The minimum atomic E-state index is -0.354. The Bertz CT molecular complexity index is 262. The molecule has 0 N–H and O–H groups in total. The van der Waals surface area contributed by atoms with Crippen molar-refractivity contribution in [3.8, 4) is 0 Å². The van der Waals surface area contributed by atoms with Crippen LogP contribution in [-0.2, 0) is 4.79 Å². The van der Waals surface area contributed by atoms with Crippen LogP contribution in [0.25, 0.3) is 0 Å². The van der Waals surface area contributed by atoms with Gasteiger partial charge in [-0.1, -0.05) is 63.7 Å². The van der Waals surface area contributed by atoms with Crippen LogP contribution >= 0.6 is 63.7 Å². The van der Waals surface area contributed by atoms with E-state index in [0.29, 0.717) is 5.92 Å². The van der Waals surface area contributed by atoms with E-state index < -0.39 is 0 Å². The van der Waals surface area contributed by atoms with E-state index >= 15 is 0 Å². The number of carbonyl (C=O) groups is 1. The van der Waals surface area contributed by atoms with E-state index in [1.54, 1.807) is 0 Å². The fourth-order valence-electron chi connectivity index (χ4n) is 1.87. The molecular formula is C10H14Br4O. The first-order valence-electron chi connectivity index (χ1n) is 4.84. The van der Waals surface area contributed by atoms with Crippen molar-refractivity contribution >= 4 is 69.5 Å². The van der Waals surface area contributed by atoms with Gasteiger partial charge in [0.2, 0.25) is 0 Å². The largest absolute Gasteiger partial charge is 0.297 e. The van der Waals surface area contributed by atoms with Crippen molar-refractivity contribution in [3.05, 3.63) is 0 Å². The smallest absolute Gasteiger partial charge is 0.163 e. The van der Waals surface area contributed by atoms with Gasteiger partial charge in [-0.2, -0.15) is 0 Å². The molecular weight excluding hydrogens is 456 g/mol. The molecule has 1 nitrogen and oxygen atoms in total. The lowest BCUT2D eigenvalue weighted by Gasteiger charge is -2.41. The van der Waals surface area contributed by atoms with Gasteiger partial charge in [0.1, 0.15) is 0 Å². The van der Waals surface area contributed by atoms with E-state index in [-0.39, 0.29) is 19.3 Å².